The third-order valence-electron chi connectivity index (χ3n) is 4.10. The number of carbonyl (C=O) groups excluding carboxylic acids is 1. The number of carbonyl (C=O) groups is 1. The highest BCUT2D eigenvalue weighted by Gasteiger charge is 2.38. The molecule has 0 spiro atoms. The molecule has 0 saturated heterocycles. The maximum Gasteiger partial charge on any atom is 0.234 e. The monoisotopic (exact) mass is 255 g/mol. The van der Waals surface area contributed by atoms with E-state index in [2.05, 4.69) is 43.5 Å². The molecule has 1 amide bonds. The minimum absolute atomic E-state index is 0.115. The van der Waals surface area contributed by atoms with Gasteiger partial charge in [0.05, 0.1) is 6.54 Å². The Morgan fingerprint density at radius 1 is 1.39 bits per heavy atom. The summed E-state index contributed by atoms with van der Waals surface area (Å²) in [5, 5.41) is 6.32. The average molecular weight is 255 g/mol. The lowest BCUT2D eigenvalue weighted by atomic mass is 9.75. The maximum absolute atomic E-state index is 11.7. The second-order valence-electron chi connectivity index (χ2n) is 5.83. The van der Waals surface area contributed by atoms with Gasteiger partial charge in [0.25, 0.3) is 0 Å². The van der Waals surface area contributed by atoms with E-state index in [0.29, 0.717) is 6.54 Å². The highest BCUT2D eigenvalue weighted by Crippen LogP contribution is 2.35. The summed E-state index contributed by atoms with van der Waals surface area (Å²) < 4.78 is 0. The van der Waals surface area contributed by atoms with Gasteiger partial charge < -0.3 is 15.5 Å². The molecule has 18 heavy (non-hydrogen) atoms. The van der Waals surface area contributed by atoms with Gasteiger partial charge in [0.1, 0.15) is 0 Å². The lowest BCUT2D eigenvalue weighted by Crippen LogP contribution is -2.57. The molecule has 4 heteroatoms. The van der Waals surface area contributed by atoms with Gasteiger partial charge in [-0.05, 0) is 46.7 Å². The fourth-order valence-electron chi connectivity index (χ4n) is 2.61. The molecule has 2 N–H and O–H groups in total. The van der Waals surface area contributed by atoms with Crippen molar-refractivity contribution in [2.45, 2.75) is 57.5 Å². The number of amides is 1. The predicted molar refractivity (Wildman–Crippen MR) is 75.7 cm³/mol. The van der Waals surface area contributed by atoms with Crippen LogP contribution in [-0.4, -0.2) is 49.6 Å². The van der Waals surface area contributed by atoms with Crippen LogP contribution >= 0.6 is 0 Å². The Hall–Kier alpha value is -0.610. The number of likely N-dealkylation sites (N-methyl/N-ethyl adjacent to an activating group) is 1. The molecule has 0 aromatic heterocycles. The second-order valence-corrected chi connectivity index (χ2v) is 5.83. The number of rotatable bonds is 8. The molecule has 1 aliphatic carbocycles. The van der Waals surface area contributed by atoms with Crippen LogP contribution in [0.25, 0.3) is 0 Å². The first-order chi connectivity index (χ1) is 8.50. The van der Waals surface area contributed by atoms with E-state index in [-0.39, 0.29) is 17.5 Å². The first-order valence-corrected chi connectivity index (χ1v) is 7.17. The number of nitrogens with zero attached hydrogens (tertiary/aromatic N) is 1. The van der Waals surface area contributed by atoms with Gasteiger partial charge in [0.15, 0.2) is 0 Å². The van der Waals surface area contributed by atoms with Crippen LogP contribution in [0.2, 0.25) is 0 Å². The van der Waals surface area contributed by atoms with Crippen LogP contribution in [0, 0.1) is 0 Å². The van der Waals surface area contributed by atoms with Crippen molar-refractivity contribution in [2.24, 2.45) is 0 Å². The normalized spacial score (nSPS) is 19.4. The van der Waals surface area contributed by atoms with Gasteiger partial charge >= 0.3 is 0 Å². The Morgan fingerprint density at radius 3 is 2.50 bits per heavy atom. The van der Waals surface area contributed by atoms with Crippen LogP contribution in [0.3, 0.4) is 0 Å². The Morgan fingerprint density at radius 2 is 2.06 bits per heavy atom. The minimum atomic E-state index is 0.115. The average Bonchev–Trinajstić information content (AvgIpc) is 2.21. The SMILES string of the molecule is CCCC(C)NC(=O)CNCC1(N(C)C)CCC1. The summed E-state index contributed by atoms with van der Waals surface area (Å²) in [6.07, 6.45) is 5.94. The van der Waals surface area contributed by atoms with Gasteiger partial charge in [-0.3, -0.25) is 4.79 Å². The zero-order valence-electron chi connectivity index (χ0n) is 12.4. The Bertz CT molecular complexity index is 262. The molecule has 1 unspecified atom stereocenters. The fourth-order valence-corrected chi connectivity index (χ4v) is 2.61. The molecule has 1 aliphatic rings. The summed E-state index contributed by atoms with van der Waals surface area (Å²) in [7, 11) is 4.26. The Kier molecular flexibility index (Phi) is 6.09. The molecule has 0 aromatic rings. The fraction of sp³-hybridized carbons (Fsp3) is 0.929. The first-order valence-electron chi connectivity index (χ1n) is 7.17. The van der Waals surface area contributed by atoms with E-state index in [1.54, 1.807) is 0 Å². The van der Waals surface area contributed by atoms with E-state index in [1.807, 2.05) is 0 Å². The molecule has 0 aliphatic heterocycles. The van der Waals surface area contributed by atoms with Crippen molar-refractivity contribution >= 4 is 5.91 Å². The van der Waals surface area contributed by atoms with Gasteiger partial charge in [-0.25, -0.2) is 0 Å². The molecule has 1 fully saturated rings. The summed E-state index contributed by atoms with van der Waals surface area (Å²) in [5.74, 6) is 0.115. The van der Waals surface area contributed by atoms with Crippen LogP contribution in [0.4, 0.5) is 0 Å². The number of nitrogens with one attached hydrogen (secondary N) is 2. The summed E-state index contributed by atoms with van der Waals surface area (Å²) in [5.41, 5.74) is 0.287. The molecule has 4 nitrogen and oxygen atoms in total. The first kappa shape index (κ1) is 15.4. The molecular weight excluding hydrogens is 226 g/mol. The second kappa shape index (κ2) is 7.10. The largest absolute Gasteiger partial charge is 0.353 e. The van der Waals surface area contributed by atoms with Crippen molar-refractivity contribution < 1.29 is 4.79 Å². The van der Waals surface area contributed by atoms with Gasteiger partial charge in [-0.1, -0.05) is 13.3 Å². The Balaban J connectivity index is 2.19. The predicted octanol–water partition coefficient (Wildman–Crippen LogP) is 1.37. The van der Waals surface area contributed by atoms with Gasteiger partial charge in [-0.2, -0.15) is 0 Å². The van der Waals surface area contributed by atoms with E-state index in [0.717, 1.165) is 19.4 Å². The molecule has 1 saturated carbocycles. The van der Waals surface area contributed by atoms with Crippen molar-refractivity contribution in [3.63, 3.8) is 0 Å². The van der Waals surface area contributed by atoms with E-state index in [4.69, 9.17) is 0 Å². The molecule has 0 heterocycles. The highest BCUT2D eigenvalue weighted by molar-refractivity contribution is 5.78. The molecule has 0 radical (unpaired) electrons. The van der Waals surface area contributed by atoms with Gasteiger partial charge in [0, 0.05) is 18.1 Å². The van der Waals surface area contributed by atoms with E-state index >= 15 is 0 Å². The van der Waals surface area contributed by atoms with Crippen LogP contribution in [0.1, 0.15) is 46.0 Å². The van der Waals surface area contributed by atoms with Crippen molar-refractivity contribution in [3.8, 4) is 0 Å². The topological polar surface area (TPSA) is 44.4 Å². The van der Waals surface area contributed by atoms with Gasteiger partial charge in [-0.15, -0.1) is 0 Å². The van der Waals surface area contributed by atoms with Crippen LogP contribution in [0.15, 0.2) is 0 Å². The molecular formula is C14H29N3O. The number of hydrogen-bond acceptors (Lipinski definition) is 3. The van der Waals surface area contributed by atoms with Gasteiger partial charge in [0.2, 0.25) is 5.91 Å². The van der Waals surface area contributed by atoms with Crippen molar-refractivity contribution in [1.29, 1.82) is 0 Å². The zero-order valence-corrected chi connectivity index (χ0v) is 12.4. The number of hydrogen-bond donors (Lipinski definition) is 2. The van der Waals surface area contributed by atoms with Crippen LogP contribution in [-0.2, 0) is 4.79 Å². The molecule has 1 rings (SSSR count). The summed E-state index contributed by atoms with van der Waals surface area (Å²) >= 11 is 0. The third-order valence-corrected chi connectivity index (χ3v) is 4.10. The van der Waals surface area contributed by atoms with Crippen molar-refractivity contribution in [2.75, 3.05) is 27.2 Å². The summed E-state index contributed by atoms with van der Waals surface area (Å²) in [6.45, 7) is 5.55. The Labute approximate surface area is 111 Å². The van der Waals surface area contributed by atoms with Crippen molar-refractivity contribution in [1.82, 2.24) is 15.5 Å². The van der Waals surface area contributed by atoms with Crippen LogP contribution in [0.5, 0.6) is 0 Å². The lowest BCUT2D eigenvalue weighted by Gasteiger charge is -2.47. The van der Waals surface area contributed by atoms with Crippen LogP contribution < -0.4 is 10.6 Å². The molecule has 106 valence electrons. The summed E-state index contributed by atoms with van der Waals surface area (Å²) in [4.78, 5) is 14.0. The van der Waals surface area contributed by atoms with E-state index < -0.39 is 0 Å². The third kappa shape index (κ3) is 4.25. The molecule has 0 aromatic carbocycles. The summed E-state index contributed by atoms with van der Waals surface area (Å²) in [6, 6.07) is 0.288. The molecule has 0 bridgehead atoms. The van der Waals surface area contributed by atoms with E-state index in [9.17, 15) is 4.79 Å². The molecule has 1 atom stereocenters. The smallest absolute Gasteiger partial charge is 0.234 e. The quantitative estimate of drug-likeness (QED) is 0.688. The maximum atomic E-state index is 11.7. The lowest BCUT2D eigenvalue weighted by molar-refractivity contribution is -0.121. The minimum Gasteiger partial charge on any atom is -0.353 e. The highest BCUT2D eigenvalue weighted by atomic mass is 16.1. The van der Waals surface area contributed by atoms with E-state index in [1.165, 1.54) is 19.3 Å². The van der Waals surface area contributed by atoms with Crippen molar-refractivity contribution in [3.05, 3.63) is 0 Å². The standard InChI is InChI=1S/C14H29N3O/c1-5-7-12(2)16-13(18)10-15-11-14(17(3)4)8-6-9-14/h12,15H,5-11H2,1-4H3,(H,16,18). The zero-order chi connectivity index (χ0) is 13.6.